The fraction of sp³-hybridized carbons (Fsp3) is 0.778. The Morgan fingerprint density at radius 3 is 2.77 bits per heavy atom. The molecule has 0 bridgehead atoms. The second-order valence-corrected chi connectivity index (χ2v) is 4.36. The van der Waals surface area contributed by atoms with Gasteiger partial charge in [-0.1, -0.05) is 0 Å². The Morgan fingerprint density at radius 1 is 1.23 bits per heavy atom. The third kappa shape index (κ3) is 1.16. The molecule has 1 aliphatic heterocycles. The minimum Gasteiger partial charge on any atom is -0.315 e. The molecule has 3 atom stereocenters. The largest absolute Gasteiger partial charge is 0.315 e. The summed E-state index contributed by atoms with van der Waals surface area (Å²) < 4.78 is 2.17. The first kappa shape index (κ1) is 7.50. The third-order valence-corrected chi connectivity index (χ3v) is 3.34. The van der Waals surface area contributed by atoms with E-state index in [1.807, 2.05) is 12.7 Å². The molecule has 13 heavy (non-hydrogen) atoms. The van der Waals surface area contributed by atoms with E-state index in [4.69, 9.17) is 0 Å². The molecule has 2 fully saturated rings. The molecule has 0 spiro atoms. The Morgan fingerprint density at radius 2 is 2.00 bits per heavy atom. The van der Waals surface area contributed by atoms with Gasteiger partial charge in [0, 0.05) is 13.1 Å². The summed E-state index contributed by atoms with van der Waals surface area (Å²) >= 11 is 0. The van der Waals surface area contributed by atoms with Crippen molar-refractivity contribution in [1.29, 1.82) is 0 Å². The fourth-order valence-corrected chi connectivity index (χ4v) is 2.58. The summed E-state index contributed by atoms with van der Waals surface area (Å²) in [6.45, 7) is 2.43. The molecule has 1 aromatic heterocycles. The van der Waals surface area contributed by atoms with E-state index in [9.17, 15) is 0 Å². The standard InChI is InChI=1S/C9H14N4/c1-12-3-7-2-8(7)9(4-12)13-5-10-11-6-13/h5-9H,2-4H2,1H3. The molecule has 0 amide bonds. The predicted molar refractivity (Wildman–Crippen MR) is 48.2 cm³/mol. The summed E-state index contributed by atoms with van der Waals surface area (Å²) in [6.07, 6.45) is 5.09. The van der Waals surface area contributed by atoms with Crippen molar-refractivity contribution in [3.63, 3.8) is 0 Å². The predicted octanol–water partition coefficient (Wildman–Crippen LogP) is 0.401. The Balaban J connectivity index is 1.84. The number of likely N-dealkylation sites (N-methyl/N-ethyl adjacent to an activating group) is 1. The van der Waals surface area contributed by atoms with Crippen molar-refractivity contribution in [3.8, 4) is 0 Å². The van der Waals surface area contributed by atoms with Crippen LogP contribution in [0, 0.1) is 11.8 Å². The summed E-state index contributed by atoms with van der Waals surface area (Å²) in [4.78, 5) is 2.42. The van der Waals surface area contributed by atoms with Gasteiger partial charge in [0.05, 0.1) is 6.04 Å². The van der Waals surface area contributed by atoms with Gasteiger partial charge >= 0.3 is 0 Å². The second-order valence-electron chi connectivity index (χ2n) is 4.36. The van der Waals surface area contributed by atoms with Gasteiger partial charge in [0.1, 0.15) is 12.7 Å². The fourth-order valence-electron chi connectivity index (χ4n) is 2.58. The van der Waals surface area contributed by atoms with Gasteiger partial charge in [-0.05, 0) is 25.3 Å². The molecule has 70 valence electrons. The van der Waals surface area contributed by atoms with Gasteiger partial charge in [0.25, 0.3) is 0 Å². The van der Waals surface area contributed by atoms with Crippen LogP contribution >= 0.6 is 0 Å². The molecule has 2 aliphatic rings. The lowest BCUT2D eigenvalue weighted by Crippen LogP contribution is -2.35. The van der Waals surface area contributed by atoms with Crippen LogP contribution in [0.3, 0.4) is 0 Å². The number of likely N-dealkylation sites (tertiary alicyclic amines) is 1. The lowest BCUT2D eigenvalue weighted by molar-refractivity contribution is 0.200. The Bertz CT molecular complexity index is 295. The number of fused-ring (bicyclic) bond motifs is 1. The molecule has 0 aromatic carbocycles. The number of piperidine rings is 1. The summed E-state index contributed by atoms with van der Waals surface area (Å²) in [5, 5.41) is 7.74. The van der Waals surface area contributed by atoms with Crippen molar-refractivity contribution in [2.45, 2.75) is 12.5 Å². The number of rotatable bonds is 1. The first-order valence-electron chi connectivity index (χ1n) is 4.87. The number of hydrogen-bond acceptors (Lipinski definition) is 3. The van der Waals surface area contributed by atoms with Crippen molar-refractivity contribution in [2.24, 2.45) is 11.8 Å². The zero-order chi connectivity index (χ0) is 8.84. The van der Waals surface area contributed by atoms with Crippen molar-refractivity contribution >= 4 is 0 Å². The topological polar surface area (TPSA) is 34.0 Å². The van der Waals surface area contributed by atoms with Crippen molar-refractivity contribution in [1.82, 2.24) is 19.7 Å². The van der Waals surface area contributed by atoms with E-state index < -0.39 is 0 Å². The van der Waals surface area contributed by atoms with Gasteiger partial charge in [-0.3, -0.25) is 0 Å². The van der Waals surface area contributed by atoms with E-state index in [0.29, 0.717) is 6.04 Å². The van der Waals surface area contributed by atoms with Crippen LogP contribution in [0.5, 0.6) is 0 Å². The average molecular weight is 178 g/mol. The van der Waals surface area contributed by atoms with Crippen LogP contribution in [0.15, 0.2) is 12.7 Å². The number of aromatic nitrogens is 3. The van der Waals surface area contributed by atoms with E-state index in [2.05, 4.69) is 26.7 Å². The lowest BCUT2D eigenvalue weighted by atomic mass is 10.1. The molecule has 4 heteroatoms. The quantitative estimate of drug-likeness (QED) is 0.624. The minimum atomic E-state index is 0.624. The summed E-state index contributed by atoms with van der Waals surface area (Å²) in [5.41, 5.74) is 0. The molecule has 3 unspecified atom stereocenters. The Labute approximate surface area is 77.6 Å². The van der Waals surface area contributed by atoms with E-state index in [1.54, 1.807) is 0 Å². The maximum atomic E-state index is 3.87. The first-order chi connectivity index (χ1) is 6.34. The lowest BCUT2D eigenvalue weighted by Gasteiger charge is -2.29. The first-order valence-corrected chi connectivity index (χ1v) is 4.87. The molecule has 1 saturated carbocycles. The van der Waals surface area contributed by atoms with E-state index >= 15 is 0 Å². The summed E-state index contributed by atoms with van der Waals surface area (Å²) in [7, 11) is 2.20. The van der Waals surface area contributed by atoms with Crippen LogP contribution in [0.1, 0.15) is 12.5 Å². The van der Waals surface area contributed by atoms with Crippen molar-refractivity contribution in [2.75, 3.05) is 20.1 Å². The maximum absolute atomic E-state index is 3.87. The smallest absolute Gasteiger partial charge is 0.119 e. The highest BCUT2D eigenvalue weighted by Gasteiger charge is 2.47. The summed E-state index contributed by atoms with van der Waals surface area (Å²) in [5.74, 6) is 1.83. The van der Waals surface area contributed by atoms with E-state index in [-0.39, 0.29) is 0 Å². The highest BCUT2D eigenvalue weighted by Crippen LogP contribution is 2.49. The molecule has 1 saturated heterocycles. The molecular weight excluding hydrogens is 164 g/mol. The monoisotopic (exact) mass is 178 g/mol. The van der Waals surface area contributed by atoms with Gasteiger partial charge in [0.2, 0.25) is 0 Å². The molecular formula is C9H14N4. The second kappa shape index (κ2) is 2.54. The molecule has 0 radical (unpaired) electrons. The van der Waals surface area contributed by atoms with Gasteiger partial charge in [-0.25, -0.2) is 0 Å². The number of nitrogens with zero attached hydrogens (tertiary/aromatic N) is 4. The van der Waals surface area contributed by atoms with Crippen LogP contribution in [0.4, 0.5) is 0 Å². The summed E-state index contributed by atoms with van der Waals surface area (Å²) in [6, 6.07) is 0.624. The van der Waals surface area contributed by atoms with Crippen LogP contribution in [0.2, 0.25) is 0 Å². The molecule has 4 nitrogen and oxygen atoms in total. The van der Waals surface area contributed by atoms with Gasteiger partial charge in [0.15, 0.2) is 0 Å². The van der Waals surface area contributed by atoms with Gasteiger partial charge < -0.3 is 9.47 Å². The van der Waals surface area contributed by atoms with Crippen molar-refractivity contribution in [3.05, 3.63) is 12.7 Å². The average Bonchev–Trinajstić information content (AvgIpc) is 2.67. The zero-order valence-corrected chi connectivity index (χ0v) is 7.80. The Hall–Kier alpha value is -0.900. The van der Waals surface area contributed by atoms with Crippen molar-refractivity contribution < 1.29 is 0 Å². The molecule has 0 N–H and O–H groups in total. The zero-order valence-electron chi connectivity index (χ0n) is 7.80. The molecule has 1 aromatic rings. The minimum absolute atomic E-state index is 0.624. The number of hydrogen-bond donors (Lipinski definition) is 0. The van der Waals surface area contributed by atoms with Crippen LogP contribution < -0.4 is 0 Å². The van der Waals surface area contributed by atoms with Crippen LogP contribution in [0.25, 0.3) is 0 Å². The van der Waals surface area contributed by atoms with Gasteiger partial charge in [-0.2, -0.15) is 0 Å². The third-order valence-electron chi connectivity index (χ3n) is 3.34. The maximum Gasteiger partial charge on any atom is 0.119 e. The molecule has 1 aliphatic carbocycles. The highest BCUT2D eigenvalue weighted by atomic mass is 15.3. The Kier molecular flexibility index (Phi) is 1.47. The van der Waals surface area contributed by atoms with E-state index in [1.165, 1.54) is 13.0 Å². The van der Waals surface area contributed by atoms with Crippen LogP contribution in [-0.2, 0) is 0 Å². The van der Waals surface area contributed by atoms with E-state index in [0.717, 1.165) is 18.4 Å². The normalized spacial score (nSPS) is 38.7. The SMILES string of the molecule is CN1CC2CC2C(n2cnnc2)C1. The molecule has 3 rings (SSSR count). The van der Waals surface area contributed by atoms with Gasteiger partial charge in [-0.15, -0.1) is 10.2 Å². The molecule has 2 heterocycles. The highest BCUT2D eigenvalue weighted by molar-refractivity contribution is 5.00. The van der Waals surface area contributed by atoms with Crippen LogP contribution in [-0.4, -0.2) is 39.8 Å².